The summed E-state index contributed by atoms with van der Waals surface area (Å²) in [5, 5.41) is 93.8. The number of ether oxygens (including phenoxy) is 3. The molecule has 17 nitrogen and oxygen atoms in total. The highest BCUT2D eigenvalue weighted by Crippen LogP contribution is 2.49. The zero-order valence-electron chi connectivity index (χ0n) is 33.2. The Morgan fingerprint density at radius 1 is 0.714 bits per heavy atom. The van der Waals surface area contributed by atoms with Crippen molar-refractivity contribution in [3.05, 3.63) is 114 Å². The van der Waals surface area contributed by atoms with Gasteiger partial charge in [0.05, 0.1) is 31.3 Å². The zero-order chi connectivity index (χ0) is 45.3. The number of hydrogen-bond donors (Lipinski definition) is 9. The van der Waals surface area contributed by atoms with Crippen LogP contribution in [-0.4, -0.2) is 140 Å². The number of benzene rings is 4. The van der Waals surface area contributed by atoms with Crippen LogP contribution in [0, 0.1) is 17.6 Å². The van der Waals surface area contributed by atoms with Crippen LogP contribution in [0.1, 0.15) is 36.1 Å². The second-order valence-corrected chi connectivity index (χ2v) is 17.3. The Balaban J connectivity index is 1.01. The first-order chi connectivity index (χ1) is 30.0. The van der Waals surface area contributed by atoms with Crippen molar-refractivity contribution in [3.63, 3.8) is 0 Å². The van der Waals surface area contributed by atoms with Crippen LogP contribution in [0.15, 0.2) is 91.0 Å². The molecule has 3 heterocycles. The fraction of sp³-hybridized carbons (Fsp3) is 0.419. The van der Waals surface area contributed by atoms with E-state index < -0.39 is 120 Å². The number of carbonyl (C=O) groups excluding carboxylic acids is 1. The first-order valence-electron chi connectivity index (χ1n) is 20.0. The van der Waals surface area contributed by atoms with E-state index in [1.54, 1.807) is 12.1 Å². The fourth-order valence-electron chi connectivity index (χ4n) is 8.13. The fourth-order valence-corrected chi connectivity index (χ4v) is 9.28. The first-order valence-corrected chi connectivity index (χ1v) is 21.5. The van der Waals surface area contributed by atoms with E-state index in [2.05, 4.69) is 0 Å². The van der Waals surface area contributed by atoms with Gasteiger partial charge in [0.25, 0.3) is 0 Å². The molecule has 13 atom stereocenters. The van der Waals surface area contributed by atoms with Gasteiger partial charge in [0.1, 0.15) is 83.8 Å². The van der Waals surface area contributed by atoms with Crippen LogP contribution in [0.5, 0.6) is 11.5 Å². The molecule has 4 aromatic carbocycles. The van der Waals surface area contributed by atoms with E-state index in [-0.39, 0.29) is 30.2 Å². The molecule has 3 aliphatic heterocycles. The molecule has 0 spiro atoms. The van der Waals surface area contributed by atoms with E-state index in [9.17, 15) is 68.0 Å². The summed E-state index contributed by atoms with van der Waals surface area (Å²) in [6, 6.07) is 20.4. The number of aliphatic hydroxyl groups excluding tert-OH is 8. The number of rotatable bonds is 15. The third kappa shape index (κ3) is 9.87. The molecule has 1 amide bonds. The highest BCUT2D eigenvalue weighted by Gasteiger charge is 2.52. The molecule has 3 fully saturated rings. The predicted molar refractivity (Wildman–Crippen MR) is 215 cm³/mol. The maximum absolute atomic E-state index is 13.8. The number of phenolic OH excluding ortho intramolecular Hbond substituents is 1. The van der Waals surface area contributed by atoms with Gasteiger partial charge in [-0.1, -0.05) is 36.4 Å². The molecular formula is C43H47F2NO16S. The quantitative estimate of drug-likeness (QED) is 0.0593. The normalized spacial score (nSPS) is 30.4. The van der Waals surface area contributed by atoms with Gasteiger partial charge in [-0.05, 0) is 84.1 Å². The minimum absolute atomic E-state index is 0.151. The molecule has 7 rings (SSSR count). The number of aromatic hydroxyl groups is 1. The highest BCUT2D eigenvalue weighted by atomic mass is 32.2. The predicted octanol–water partition coefficient (Wildman–Crippen LogP) is 0.931. The molecule has 9 N–H and O–H groups in total. The van der Waals surface area contributed by atoms with E-state index in [0.29, 0.717) is 27.9 Å². The molecule has 0 aromatic heterocycles. The lowest BCUT2D eigenvalue weighted by atomic mass is 9.77. The number of anilines is 1. The van der Waals surface area contributed by atoms with Crippen molar-refractivity contribution < 1.29 is 86.3 Å². The Labute approximate surface area is 359 Å². The number of halogens is 2. The lowest BCUT2D eigenvalue weighted by Gasteiger charge is -2.48. The van der Waals surface area contributed by atoms with E-state index in [0.717, 1.165) is 0 Å². The summed E-state index contributed by atoms with van der Waals surface area (Å²) in [4.78, 5) is 15.0. The van der Waals surface area contributed by atoms with Crippen molar-refractivity contribution in [3.8, 4) is 22.6 Å². The van der Waals surface area contributed by atoms with Gasteiger partial charge in [0, 0.05) is 11.3 Å². The average molecular weight is 904 g/mol. The van der Waals surface area contributed by atoms with Crippen LogP contribution in [0.4, 0.5) is 14.5 Å². The van der Waals surface area contributed by atoms with Crippen LogP contribution in [-0.2, 0) is 29.1 Å². The van der Waals surface area contributed by atoms with Gasteiger partial charge < -0.3 is 69.3 Å². The maximum atomic E-state index is 13.8. The average Bonchev–Trinajstić information content (AvgIpc) is 3.26. The second-order valence-electron chi connectivity index (χ2n) is 15.7. The van der Waals surface area contributed by atoms with Crippen molar-refractivity contribution in [1.82, 2.24) is 0 Å². The summed E-state index contributed by atoms with van der Waals surface area (Å²) in [5.41, 5.74) is 2.27. The Morgan fingerprint density at radius 3 is 1.94 bits per heavy atom. The lowest BCUT2D eigenvalue weighted by molar-refractivity contribution is -0.341. The number of nitrogens with zero attached hydrogens (tertiary/aromatic N) is 1. The smallest absolute Gasteiger partial charge is 0.311 e. The topological polar surface area (TPSA) is 273 Å². The van der Waals surface area contributed by atoms with Crippen LogP contribution < -0.4 is 9.08 Å². The summed E-state index contributed by atoms with van der Waals surface area (Å²) in [6.07, 6.45) is -17.8. The molecule has 0 bridgehead atoms. The van der Waals surface area contributed by atoms with Gasteiger partial charge in [0.15, 0.2) is 6.29 Å². The number of β-lactam (4-membered cyclic amide) rings is 1. The Kier molecular flexibility index (Phi) is 14.1. The Hall–Kier alpha value is -4.68. The van der Waals surface area contributed by atoms with Crippen molar-refractivity contribution in [2.45, 2.75) is 86.2 Å². The van der Waals surface area contributed by atoms with Crippen molar-refractivity contribution in [2.75, 3.05) is 23.9 Å². The minimum atomic E-state index is -4.56. The largest absolute Gasteiger partial charge is 0.508 e. The van der Waals surface area contributed by atoms with Gasteiger partial charge in [-0.2, -0.15) is 8.42 Å². The molecule has 0 aliphatic carbocycles. The molecule has 3 aliphatic rings. The van der Waals surface area contributed by atoms with Gasteiger partial charge in [-0.3, -0.25) is 4.79 Å². The van der Waals surface area contributed by atoms with Crippen LogP contribution >= 0.6 is 0 Å². The van der Waals surface area contributed by atoms with Crippen molar-refractivity contribution >= 4 is 21.7 Å². The van der Waals surface area contributed by atoms with Crippen LogP contribution in [0.25, 0.3) is 11.1 Å². The summed E-state index contributed by atoms with van der Waals surface area (Å²) in [6.45, 7) is -1.64. The van der Waals surface area contributed by atoms with Crippen molar-refractivity contribution in [1.29, 1.82) is 0 Å². The molecule has 4 aromatic rings. The lowest BCUT2D eigenvalue weighted by Crippen LogP contribution is -2.65. The summed E-state index contributed by atoms with van der Waals surface area (Å²) >= 11 is 0. The third-order valence-electron chi connectivity index (χ3n) is 11.6. The Bertz CT molecular complexity index is 2300. The molecule has 0 saturated carbocycles. The SMILES string of the molecule is O=C1[C@H](CC[C@H](O)c2ccc(F)cc2)[C@@H](c2ccc(-c3ccc(OS(=O)(=O)C[C@@H]4O[C@H](CO)C(O[C@@H]5O[C@H](CO)[C@@H](O)[C@H](O)[C@H]5O)[C@H](O)[C@H]4O)cc3)cc2O)N1c1ccc(F)cc1. The molecule has 1 unspecified atom stereocenters. The standard InChI is InChI=1S/C43H47F2NO16S/c44-24-6-1-22(2-7-24)30(49)16-15-29-35(46(42(29)56)26-10-8-25(45)9-11-26)28-14-5-23(17-31(28)50)21-3-12-27(13-4-21)62-63(57,58)20-34-37(52)39(54)41(33(19-48)59-34)61-43-40(55)38(53)36(51)32(18-47)60-43/h1-14,17,29-30,32-41,43,47-55H,15-16,18-20H2/t29-,30+,32-,33-,34+,35-,36-,37+,38+,39-,40-,41?,43+/m1/s1. The highest BCUT2D eigenvalue weighted by molar-refractivity contribution is 7.87. The van der Waals surface area contributed by atoms with Crippen LogP contribution in [0.3, 0.4) is 0 Å². The van der Waals surface area contributed by atoms with E-state index in [1.807, 2.05) is 0 Å². The molecular weight excluding hydrogens is 857 g/mol. The number of carbonyl (C=O) groups is 1. The summed E-state index contributed by atoms with van der Waals surface area (Å²) < 4.78 is 75.2. The minimum Gasteiger partial charge on any atom is -0.508 e. The first kappa shape index (κ1) is 46.3. The molecule has 63 heavy (non-hydrogen) atoms. The van der Waals surface area contributed by atoms with E-state index >= 15 is 0 Å². The Morgan fingerprint density at radius 2 is 1.32 bits per heavy atom. The van der Waals surface area contributed by atoms with Gasteiger partial charge >= 0.3 is 10.1 Å². The van der Waals surface area contributed by atoms with Gasteiger partial charge in [0.2, 0.25) is 5.91 Å². The summed E-state index contributed by atoms with van der Waals surface area (Å²) in [5.74, 6) is -3.28. The van der Waals surface area contributed by atoms with Gasteiger partial charge in [-0.25, -0.2) is 8.78 Å². The molecule has 3 saturated heterocycles. The van der Waals surface area contributed by atoms with Crippen LogP contribution in [0.2, 0.25) is 0 Å². The molecule has 20 heteroatoms. The number of hydrogen-bond acceptors (Lipinski definition) is 16. The van der Waals surface area contributed by atoms with Gasteiger partial charge in [-0.15, -0.1) is 0 Å². The summed E-state index contributed by atoms with van der Waals surface area (Å²) in [7, 11) is -4.56. The maximum Gasteiger partial charge on any atom is 0.311 e. The third-order valence-corrected chi connectivity index (χ3v) is 12.7. The second kappa shape index (κ2) is 19.2. The number of aliphatic hydroxyl groups is 8. The van der Waals surface area contributed by atoms with E-state index in [1.165, 1.54) is 83.8 Å². The number of phenols is 1. The number of amides is 1. The van der Waals surface area contributed by atoms with Crippen molar-refractivity contribution in [2.24, 2.45) is 5.92 Å². The molecule has 0 radical (unpaired) electrons. The zero-order valence-corrected chi connectivity index (χ0v) is 34.0. The monoisotopic (exact) mass is 903 g/mol. The molecule has 340 valence electrons. The van der Waals surface area contributed by atoms with E-state index in [4.69, 9.17) is 18.4 Å².